The van der Waals surface area contributed by atoms with E-state index in [0.29, 0.717) is 16.9 Å². The van der Waals surface area contributed by atoms with E-state index in [1.54, 1.807) is 24.3 Å². The second kappa shape index (κ2) is 6.66. The van der Waals surface area contributed by atoms with Gasteiger partial charge in [0.2, 0.25) is 11.8 Å². The molecule has 1 heterocycles. The molecule has 0 spiro atoms. The van der Waals surface area contributed by atoms with E-state index in [0.717, 1.165) is 6.42 Å². The van der Waals surface area contributed by atoms with Crippen LogP contribution in [0.15, 0.2) is 60.7 Å². The van der Waals surface area contributed by atoms with Gasteiger partial charge in [0.05, 0.1) is 23.1 Å². The maximum atomic E-state index is 12.9. The molecule has 7 heteroatoms. The molecule has 2 N–H and O–H groups in total. The van der Waals surface area contributed by atoms with Crippen molar-refractivity contribution in [2.75, 3.05) is 10.2 Å². The minimum Gasteiger partial charge on any atom is -0.478 e. The van der Waals surface area contributed by atoms with Gasteiger partial charge in [0.15, 0.2) is 0 Å². The fourth-order valence-electron chi connectivity index (χ4n) is 4.82. The van der Waals surface area contributed by atoms with Crippen LogP contribution >= 0.6 is 0 Å². The van der Waals surface area contributed by atoms with E-state index >= 15 is 0 Å². The van der Waals surface area contributed by atoms with Gasteiger partial charge in [-0.15, -0.1) is 0 Å². The molecule has 1 saturated carbocycles. The first-order valence-electron chi connectivity index (χ1n) is 9.75. The fraction of sp³-hybridized carbons (Fsp3) is 0.217. The normalized spacial score (nSPS) is 26.2. The van der Waals surface area contributed by atoms with E-state index in [4.69, 9.17) is 5.11 Å². The Bertz CT molecular complexity index is 1070. The van der Waals surface area contributed by atoms with Gasteiger partial charge in [0.1, 0.15) is 0 Å². The van der Waals surface area contributed by atoms with Crippen molar-refractivity contribution in [2.45, 2.75) is 6.42 Å². The maximum Gasteiger partial charge on any atom is 0.335 e. The average Bonchev–Trinajstić information content (AvgIpc) is 3.42. The van der Waals surface area contributed by atoms with Crippen LogP contribution in [-0.2, 0) is 9.59 Å². The topological polar surface area (TPSA) is 104 Å². The number of fused-ring (bicyclic) bond motifs is 5. The van der Waals surface area contributed by atoms with Crippen LogP contribution in [0.1, 0.15) is 27.1 Å². The lowest BCUT2D eigenvalue weighted by atomic mass is 9.85. The number of benzene rings is 2. The summed E-state index contributed by atoms with van der Waals surface area (Å²) in [6.07, 6.45) is 4.99. The number of hydrogen-bond acceptors (Lipinski definition) is 4. The highest BCUT2D eigenvalue weighted by Crippen LogP contribution is 2.53. The number of rotatable bonds is 4. The van der Waals surface area contributed by atoms with Gasteiger partial charge in [-0.1, -0.05) is 12.2 Å². The first-order chi connectivity index (χ1) is 14.4. The summed E-state index contributed by atoms with van der Waals surface area (Å²) < 4.78 is 0. The summed E-state index contributed by atoms with van der Waals surface area (Å²) in [6, 6.07) is 12.2. The van der Waals surface area contributed by atoms with E-state index in [2.05, 4.69) is 17.5 Å². The first-order valence-corrected chi connectivity index (χ1v) is 9.75. The molecule has 1 aliphatic heterocycles. The number of carboxylic acid groups (broad SMARTS) is 1. The van der Waals surface area contributed by atoms with Gasteiger partial charge in [-0.2, -0.15) is 0 Å². The van der Waals surface area contributed by atoms with Crippen molar-refractivity contribution in [1.82, 2.24) is 0 Å². The van der Waals surface area contributed by atoms with Crippen molar-refractivity contribution in [1.29, 1.82) is 0 Å². The fourth-order valence-corrected chi connectivity index (χ4v) is 4.82. The Hall–Kier alpha value is -3.74. The standard InChI is InChI=1S/C23H18N2O5/c26-20(24-16-7-3-13(4-8-16)23(29)30)12-5-9-17(10-6-12)25-21(27)18-14-1-2-15(11-14)19(18)22(25)28/h1-10,14-15,18-19H,11H2,(H,24,26)(H,29,30)/t14-,15-,18-,19+/m1/s1. The van der Waals surface area contributed by atoms with Crippen LogP contribution in [0, 0.1) is 23.7 Å². The summed E-state index contributed by atoms with van der Waals surface area (Å²) in [5, 5.41) is 11.6. The van der Waals surface area contributed by atoms with Crippen molar-refractivity contribution in [3.05, 3.63) is 71.8 Å². The summed E-state index contributed by atoms with van der Waals surface area (Å²) in [4.78, 5) is 50.4. The number of allylic oxidation sites excluding steroid dienone is 2. The number of hydrogen-bond donors (Lipinski definition) is 2. The highest BCUT2D eigenvalue weighted by atomic mass is 16.4. The lowest BCUT2D eigenvalue weighted by Gasteiger charge is -2.17. The maximum absolute atomic E-state index is 12.9. The number of nitrogens with zero attached hydrogens (tertiary/aromatic N) is 1. The average molecular weight is 402 g/mol. The SMILES string of the molecule is O=C(O)c1ccc(NC(=O)c2ccc(N3C(=O)[C@@H]4[C@H](C3=O)[C@@H]3C=C[C@@H]4C3)cc2)cc1. The third kappa shape index (κ3) is 2.74. The Kier molecular flexibility index (Phi) is 4.06. The minimum atomic E-state index is -1.04. The Morgan fingerprint density at radius 3 is 1.90 bits per heavy atom. The molecule has 0 unspecified atom stereocenters. The third-order valence-electron chi connectivity index (χ3n) is 6.25. The van der Waals surface area contributed by atoms with E-state index in [1.807, 2.05) is 0 Å². The highest BCUT2D eigenvalue weighted by molar-refractivity contribution is 6.23. The zero-order chi connectivity index (χ0) is 21.0. The molecule has 3 aliphatic rings. The zero-order valence-corrected chi connectivity index (χ0v) is 15.8. The Morgan fingerprint density at radius 2 is 1.37 bits per heavy atom. The van der Waals surface area contributed by atoms with Gasteiger partial charge in [-0.05, 0) is 66.8 Å². The number of carbonyl (C=O) groups excluding carboxylic acids is 3. The minimum absolute atomic E-state index is 0.130. The molecule has 2 aromatic carbocycles. The van der Waals surface area contributed by atoms with Gasteiger partial charge in [0.25, 0.3) is 5.91 Å². The largest absolute Gasteiger partial charge is 0.478 e. The van der Waals surface area contributed by atoms with Crippen LogP contribution in [-0.4, -0.2) is 28.8 Å². The van der Waals surface area contributed by atoms with Crippen molar-refractivity contribution in [3.8, 4) is 0 Å². The predicted molar refractivity (Wildman–Crippen MR) is 108 cm³/mol. The van der Waals surface area contributed by atoms with Crippen molar-refractivity contribution >= 4 is 35.1 Å². The second-order valence-electron chi connectivity index (χ2n) is 7.90. The molecule has 7 nitrogen and oxygen atoms in total. The van der Waals surface area contributed by atoms with Crippen molar-refractivity contribution in [2.24, 2.45) is 23.7 Å². The molecule has 3 amide bonds. The summed E-state index contributed by atoms with van der Waals surface area (Å²) in [5.41, 5.74) is 1.43. The molecule has 0 aromatic heterocycles. The number of anilines is 2. The molecule has 150 valence electrons. The highest BCUT2D eigenvalue weighted by Gasteiger charge is 2.59. The summed E-state index contributed by atoms with van der Waals surface area (Å²) in [6.45, 7) is 0. The van der Waals surface area contributed by atoms with Crippen LogP contribution < -0.4 is 10.2 Å². The van der Waals surface area contributed by atoms with Crippen LogP contribution in [0.5, 0.6) is 0 Å². The molecule has 0 radical (unpaired) electrons. The first kappa shape index (κ1) is 18.3. The van der Waals surface area contributed by atoms with Crippen LogP contribution in [0.3, 0.4) is 0 Å². The quantitative estimate of drug-likeness (QED) is 0.605. The number of amides is 3. The molecule has 2 fully saturated rings. The molecule has 2 bridgehead atoms. The van der Waals surface area contributed by atoms with Gasteiger partial charge in [-0.3, -0.25) is 19.3 Å². The summed E-state index contributed by atoms with van der Waals surface area (Å²) in [7, 11) is 0. The molecule has 5 rings (SSSR count). The monoisotopic (exact) mass is 402 g/mol. The van der Waals surface area contributed by atoms with Gasteiger partial charge in [0, 0.05) is 11.3 Å². The Labute approximate surface area is 172 Å². The molecule has 2 aliphatic carbocycles. The van der Waals surface area contributed by atoms with Gasteiger partial charge >= 0.3 is 5.97 Å². The molecule has 4 atom stereocenters. The third-order valence-corrected chi connectivity index (χ3v) is 6.25. The number of nitrogens with one attached hydrogen (secondary N) is 1. The molecule has 1 saturated heterocycles. The van der Waals surface area contributed by atoms with E-state index in [9.17, 15) is 19.2 Å². The smallest absolute Gasteiger partial charge is 0.335 e. The summed E-state index contributed by atoms with van der Waals surface area (Å²) in [5.74, 6) is -1.94. The van der Waals surface area contributed by atoms with Crippen molar-refractivity contribution < 1.29 is 24.3 Å². The molecular formula is C23H18N2O5. The summed E-state index contributed by atoms with van der Waals surface area (Å²) >= 11 is 0. The Morgan fingerprint density at radius 1 is 0.833 bits per heavy atom. The number of imide groups is 1. The van der Waals surface area contributed by atoms with Gasteiger partial charge in [-0.25, -0.2) is 4.79 Å². The van der Waals surface area contributed by atoms with Gasteiger partial charge < -0.3 is 10.4 Å². The second-order valence-corrected chi connectivity index (χ2v) is 7.90. The molecular weight excluding hydrogens is 384 g/mol. The van der Waals surface area contributed by atoms with E-state index in [-0.39, 0.29) is 47.0 Å². The van der Waals surface area contributed by atoms with Crippen molar-refractivity contribution in [3.63, 3.8) is 0 Å². The lowest BCUT2D eigenvalue weighted by molar-refractivity contribution is -0.123. The van der Waals surface area contributed by atoms with Crippen LogP contribution in [0.25, 0.3) is 0 Å². The number of carboxylic acids is 1. The number of carbonyl (C=O) groups is 4. The molecule has 2 aromatic rings. The number of aromatic carboxylic acids is 1. The Balaban J connectivity index is 1.31. The van der Waals surface area contributed by atoms with E-state index in [1.165, 1.54) is 29.2 Å². The van der Waals surface area contributed by atoms with E-state index < -0.39 is 5.97 Å². The zero-order valence-electron chi connectivity index (χ0n) is 15.8. The lowest BCUT2D eigenvalue weighted by Crippen LogP contribution is -2.32. The van der Waals surface area contributed by atoms with Crippen LogP contribution in [0.4, 0.5) is 11.4 Å². The predicted octanol–water partition coefficient (Wildman–Crippen LogP) is 2.95. The molecule has 30 heavy (non-hydrogen) atoms. The van der Waals surface area contributed by atoms with Crippen LogP contribution in [0.2, 0.25) is 0 Å².